The van der Waals surface area contributed by atoms with Gasteiger partial charge in [0.2, 0.25) is 0 Å². The first-order valence-electron chi connectivity index (χ1n) is 4.48. The van der Waals surface area contributed by atoms with Gasteiger partial charge in [0.15, 0.2) is 5.12 Å². The molecule has 78 valence electrons. The minimum atomic E-state index is 0.0830. The molecule has 0 heterocycles. The van der Waals surface area contributed by atoms with Crippen LogP contribution >= 0.6 is 23.4 Å². The summed E-state index contributed by atoms with van der Waals surface area (Å²) in [6.45, 7) is 3.53. The summed E-state index contributed by atoms with van der Waals surface area (Å²) in [7, 11) is 0. The molecule has 0 bridgehead atoms. The maximum Gasteiger partial charge on any atom is 0.186 e. The van der Waals surface area contributed by atoms with Crippen LogP contribution in [0.3, 0.4) is 0 Å². The van der Waals surface area contributed by atoms with Gasteiger partial charge in [-0.25, -0.2) is 0 Å². The lowest BCUT2D eigenvalue weighted by molar-refractivity contribution is -0.109. The Morgan fingerprint density at radius 2 is 2.27 bits per heavy atom. The molecule has 0 aliphatic carbocycles. The normalized spacial score (nSPS) is 9.27. The van der Waals surface area contributed by atoms with Crippen LogP contribution in [0.15, 0.2) is 18.2 Å². The average molecular weight is 239 g/mol. The van der Waals surface area contributed by atoms with Gasteiger partial charge in [-0.15, -0.1) is 0 Å². The summed E-state index contributed by atoms with van der Waals surface area (Å²) in [6.07, 6.45) is 0. The zero-order valence-electron chi connectivity index (χ0n) is 8.63. The Hall–Kier alpha value is -0.910. The fraction of sp³-hybridized carbons (Fsp3) is 0.250. The minimum Gasteiger partial charge on any atom is -0.288 e. The Morgan fingerprint density at radius 3 is 2.93 bits per heavy atom. The summed E-state index contributed by atoms with van der Waals surface area (Å²) in [4.78, 5) is 10.6. The van der Waals surface area contributed by atoms with Crippen molar-refractivity contribution in [3.63, 3.8) is 0 Å². The summed E-state index contributed by atoms with van der Waals surface area (Å²) in [5.41, 5.74) is 1.95. The van der Waals surface area contributed by atoms with E-state index >= 15 is 0 Å². The monoisotopic (exact) mass is 238 g/mol. The van der Waals surface area contributed by atoms with Crippen molar-refractivity contribution in [1.29, 1.82) is 0 Å². The van der Waals surface area contributed by atoms with E-state index in [1.165, 1.54) is 18.7 Å². The van der Waals surface area contributed by atoms with Gasteiger partial charge in [-0.05, 0) is 24.6 Å². The van der Waals surface area contributed by atoms with Crippen molar-refractivity contribution >= 4 is 28.5 Å². The van der Waals surface area contributed by atoms with Crippen molar-refractivity contribution in [2.45, 2.75) is 13.8 Å². The van der Waals surface area contributed by atoms with Crippen molar-refractivity contribution in [2.24, 2.45) is 0 Å². The summed E-state index contributed by atoms with van der Waals surface area (Å²) in [6, 6.07) is 5.71. The maximum atomic E-state index is 10.6. The lowest BCUT2D eigenvalue weighted by Gasteiger charge is -1.96. The van der Waals surface area contributed by atoms with Gasteiger partial charge in [-0.2, -0.15) is 0 Å². The molecule has 0 atom stereocenters. The minimum absolute atomic E-state index is 0.0830. The third-order valence-electron chi connectivity index (χ3n) is 1.69. The number of hydrogen-bond acceptors (Lipinski definition) is 2. The van der Waals surface area contributed by atoms with Gasteiger partial charge in [0.1, 0.15) is 0 Å². The second kappa shape index (κ2) is 5.85. The van der Waals surface area contributed by atoms with Crippen LogP contribution in [0.4, 0.5) is 0 Å². The number of hydrogen-bond donors (Lipinski definition) is 0. The van der Waals surface area contributed by atoms with Gasteiger partial charge < -0.3 is 0 Å². The molecular formula is C12H11ClOS. The summed E-state index contributed by atoms with van der Waals surface area (Å²) in [5.74, 6) is 6.38. The number of halogens is 1. The first-order valence-corrected chi connectivity index (χ1v) is 5.84. The number of aryl methyl sites for hydroxylation is 1. The van der Waals surface area contributed by atoms with Crippen molar-refractivity contribution in [2.75, 3.05) is 5.75 Å². The third-order valence-corrected chi connectivity index (χ3v) is 2.72. The molecule has 1 aromatic carbocycles. The number of thioether (sulfide) groups is 1. The van der Waals surface area contributed by atoms with Crippen molar-refractivity contribution in [3.8, 4) is 11.8 Å². The lowest BCUT2D eigenvalue weighted by Crippen LogP contribution is -1.83. The molecule has 0 radical (unpaired) electrons. The van der Waals surface area contributed by atoms with Crippen molar-refractivity contribution < 1.29 is 4.79 Å². The first-order chi connectivity index (χ1) is 7.09. The molecule has 0 aliphatic heterocycles. The van der Waals surface area contributed by atoms with Gasteiger partial charge in [0.25, 0.3) is 0 Å². The van der Waals surface area contributed by atoms with E-state index < -0.39 is 0 Å². The molecule has 0 saturated heterocycles. The fourth-order valence-corrected chi connectivity index (χ4v) is 1.52. The van der Waals surface area contributed by atoms with E-state index in [1.807, 2.05) is 25.1 Å². The van der Waals surface area contributed by atoms with E-state index in [1.54, 1.807) is 0 Å². The van der Waals surface area contributed by atoms with Crippen molar-refractivity contribution in [3.05, 3.63) is 34.3 Å². The molecule has 0 N–H and O–H groups in total. The van der Waals surface area contributed by atoms with Gasteiger partial charge in [0.05, 0.1) is 10.8 Å². The van der Waals surface area contributed by atoms with Crippen LogP contribution in [0, 0.1) is 18.8 Å². The molecule has 1 nitrogen and oxygen atoms in total. The van der Waals surface area contributed by atoms with Crippen molar-refractivity contribution in [1.82, 2.24) is 0 Å². The molecule has 1 aromatic rings. The van der Waals surface area contributed by atoms with Crippen LogP contribution in [-0.2, 0) is 4.79 Å². The summed E-state index contributed by atoms with van der Waals surface area (Å²) >= 11 is 7.17. The van der Waals surface area contributed by atoms with Crippen LogP contribution in [0.2, 0.25) is 5.02 Å². The Kier molecular flexibility index (Phi) is 4.74. The molecular weight excluding hydrogens is 228 g/mol. The number of carbonyl (C=O) groups excluding carboxylic acids is 1. The van der Waals surface area contributed by atoms with E-state index in [9.17, 15) is 4.79 Å². The highest BCUT2D eigenvalue weighted by Crippen LogP contribution is 2.15. The molecule has 0 unspecified atom stereocenters. The molecule has 0 amide bonds. The third kappa shape index (κ3) is 4.42. The average Bonchev–Trinajstić information content (AvgIpc) is 2.17. The van der Waals surface area contributed by atoms with Crippen LogP contribution in [0.25, 0.3) is 0 Å². The SMILES string of the molecule is CC(=O)SCC#Cc1cc(C)ccc1Cl. The zero-order chi connectivity index (χ0) is 11.3. The molecule has 0 aliphatic rings. The molecule has 0 saturated carbocycles. The van der Waals surface area contributed by atoms with E-state index in [-0.39, 0.29) is 5.12 Å². The smallest absolute Gasteiger partial charge is 0.186 e. The Labute approximate surface area is 99.2 Å². The Bertz CT molecular complexity index is 429. The Balaban J connectivity index is 2.71. The van der Waals surface area contributed by atoms with Gasteiger partial charge >= 0.3 is 0 Å². The van der Waals surface area contributed by atoms with Crippen LogP contribution < -0.4 is 0 Å². The van der Waals surface area contributed by atoms with Gasteiger partial charge in [-0.3, -0.25) is 4.79 Å². The predicted octanol–water partition coefficient (Wildman–Crippen LogP) is 3.28. The second-order valence-electron chi connectivity index (χ2n) is 3.07. The molecule has 1 rings (SSSR count). The summed E-state index contributed by atoms with van der Waals surface area (Å²) < 4.78 is 0. The van der Waals surface area contributed by atoms with Crippen LogP contribution in [0.5, 0.6) is 0 Å². The Morgan fingerprint density at radius 1 is 1.53 bits per heavy atom. The number of carbonyl (C=O) groups is 1. The highest BCUT2D eigenvalue weighted by molar-refractivity contribution is 8.13. The maximum absolute atomic E-state index is 10.6. The molecule has 0 spiro atoms. The largest absolute Gasteiger partial charge is 0.288 e. The number of benzene rings is 1. The highest BCUT2D eigenvalue weighted by Gasteiger charge is 1.96. The number of rotatable bonds is 1. The second-order valence-corrected chi connectivity index (χ2v) is 4.62. The van der Waals surface area contributed by atoms with E-state index in [4.69, 9.17) is 11.6 Å². The summed E-state index contributed by atoms with van der Waals surface area (Å²) in [5, 5.41) is 0.737. The first kappa shape index (κ1) is 12.2. The highest BCUT2D eigenvalue weighted by atomic mass is 35.5. The van der Waals surface area contributed by atoms with Gasteiger partial charge in [0, 0.05) is 12.5 Å². The molecule has 15 heavy (non-hydrogen) atoms. The fourth-order valence-electron chi connectivity index (χ4n) is 1.00. The van der Waals surface area contributed by atoms with Gasteiger partial charge in [-0.1, -0.05) is 41.3 Å². The van der Waals surface area contributed by atoms with E-state index in [2.05, 4.69) is 11.8 Å². The van der Waals surface area contributed by atoms with Crippen LogP contribution in [-0.4, -0.2) is 10.9 Å². The van der Waals surface area contributed by atoms with E-state index in [0.29, 0.717) is 10.8 Å². The molecule has 3 heteroatoms. The topological polar surface area (TPSA) is 17.1 Å². The molecule has 0 aromatic heterocycles. The van der Waals surface area contributed by atoms with Crippen LogP contribution in [0.1, 0.15) is 18.1 Å². The quantitative estimate of drug-likeness (QED) is 0.699. The standard InChI is InChI=1S/C12H11ClOS/c1-9-5-6-12(13)11(8-9)4-3-7-15-10(2)14/h5-6,8H,7H2,1-2H3. The van der Waals surface area contributed by atoms with E-state index in [0.717, 1.165) is 11.1 Å². The zero-order valence-corrected chi connectivity index (χ0v) is 10.2. The molecule has 0 fully saturated rings. The lowest BCUT2D eigenvalue weighted by atomic mass is 10.1. The predicted molar refractivity (Wildman–Crippen MR) is 66.2 cm³/mol.